The number of carboxylic acid groups (broad SMARTS) is 2. The summed E-state index contributed by atoms with van der Waals surface area (Å²) in [6, 6.07) is 0. The van der Waals surface area contributed by atoms with Gasteiger partial charge in [0.2, 0.25) is 0 Å². The molecule has 1 aliphatic heterocycles. The van der Waals surface area contributed by atoms with Gasteiger partial charge in [0, 0.05) is 13.5 Å². The highest BCUT2D eigenvalue weighted by atomic mass is 32.2. The molecule has 0 radical (unpaired) electrons. The van der Waals surface area contributed by atoms with Gasteiger partial charge in [0.25, 0.3) is 0 Å². The van der Waals surface area contributed by atoms with Crippen LogP contribution in [0.2, 0.25) is 0 Å². The molecule has 0 bridgehead atoms. The van der Waals surface area contributed by atoms with Crippen molar-refractivity contribution in [1.29, 1.82) is 0 Å². The molecule has 0 saturated carbocycles. The number of carboxylic acids is 1. The Hall–Kier alpha value is -0.910. The molecule has 19 heavy (non-hydrogen) atoms. The van der Waals surface area contributed by atoms with E-state index < -0.39 is 12.1 Å². The molecule has 1 amide bonds. The van der Waals surface area contributed by atoms with Crippen molar-refractivity contribution < 1.29 is 19.8 Å². The van der Waals surface area contributed by atoms with Crippen LogP contribution in [0.4, 0.5) is 4.79 Å². The van der Waals surface area contributed by atoms with E-state index in [4.69, 9.17) is 10.2 Å². The quantitative estimate of drug-likeness (QED) is 0.739. The van der Waals surface area contributed by atoms with Gasteiger partial charge < -0.3 is 15.5 Å². The average molecular weight is 295 g/mol. The maximum atomic E-state index is 9.76. The highest BCUT2D eigenvalue weighted by Crippen LogP contribution is 2.14. The zero-order chi connectivity index (χ0) is 15.5. The third-order valence-electron chi connectivity index (χ3n) is 1.79. The van der Waals surface area contributed by atoms with Crippen LogP contribution in [0.1, 0.15) is 52.9 Å². The van der Waals surface area contributed by atoms with Crippen molar-refractivity contribution in [3.63, 3.8) is 0 Å². The lowest BCUT2D eigenvalue weighted by molar-refractivity contribution is -0.137. The molecule has 1 rings (SSSR count). The lowest BCUT2D eigenvalue weighted by Gasteiger charge is -1.85. The minimum Gasteiger partial charge on any atom is -0.481 e. The molecule has 1 saturated heterocycles. The fourth-order valence-electron chi connectivity index (χ4n) is 0.838. The number of rotatable bonds is 3. The Morgan fingerprint density at radius 3 is 1.68 bits per heavy atom. The first-order chi connectivity index (χ1) is 9.04. The van der Waals surface area contributed by atoms with Crippen molar-refractivity contribution >= 4 is 23.8 Å². The molecule has 0 spiro atoms. The van der Waals surface area contributed by atoms with Crippen molar-refractivity contribution in [2.24, 2.45) is 0 Å². The number of aliphatic carboxylic acids is 1. The summed E-state index contributed by atoms with van der Waals surface area (Å²) < 4.78 is 0. The van der Waals surface area contributed by atoms with Crippen molar-refractivity contribution in [3.05, 3.63) is 0 Å². The Morgan fingerprint density at radius 1 is 1.16 bits per heavy atom. The minimum atomic E-state index is -0.995. The van der Waals surface area contributed by atoms with Gasteiger partial charge in [0.1, 0.15) is 0 Å². The fourth-order valence-corrected chi connectivity index (χ4v) is 1.86. The first kappa shape index (κ1) is 23.2. The molecule has 0 atom stereocenters. The number of thioether (sulfide) groups is 1. The second-order valence-corrected chi connectivity index (χ2v) is 4.60. The van der Waals surface area contributed by atoms with E-state index in [-0.39, 0.29) is 0 Å². The Bertz CT molecular complexity index is 189. The number of unbranched alkanes of at least 4 members (excludes halogenated alkanes) is 1. The summed E-state index contributed by atoms with van der Waals surface area (Å²) in [5.41, 5.74) is 0. The van der Waals surface area contributed by atoms with Crippen molar-refractivity contribution in [1.82, 2.24) is 5.32 Å². The number of amides is 1. The molecule has 1 fully saturated rings. The summed E-state index contributed by atoms with van der Waals surface area (Å²) in [4.78, 5) is 19.0. The van der Waals surface area contributed by atoms with Gasteiger partial charge in [-0.15, -0.1) is 0 Å². The van der Waals surface area contributed by atoms with E-state index in [1.165, 1.54) is 31.4 Å². The average Bonchev–Trinajstić information content (AvgIpc) is 2.98. The SMILES string of the molecule is C1CCSC1.CC.CCCCC(=O)O.CNC(=O)O. The van der Waals surface area contributed by atoms with E-state index in [9.17, 15) is 9.59 Å². The fraction of sp³-hybridized carbons (Fsp3) is 0.846. The maximum Gasteiger partial charge on any atom is 0.404 e. The van der Waals surface area contributed by atoms with Crippen LogP contribution < -0.4 is 5.32 Å². The molecule has 3 N–H and O–H groups in total. The van der Waals surface area contributed by atoms with Gasteiger partial charge >= 0.3 is 12.1 Å². The van der Waals surface area contributed by atoms with Crippen LogP contribution in [-0.4, -0.2) is 40.8 Å². The molecule has 0 aromatic rings. The van der Waals surface area contributed by atoms with E-state index >= 15 is 0 Å². The van der Waals surface area contributed by atoms with E-state index in [0.717, 1.165) is 12.8 Å². The Labute approximate surface area is 121 Å². The van der Waals surface area contributed by atoms with Crippen LogP contribution in [0.25, 0.3) is 0 Å². The summed E-state index contributed by atoms with van der Waals surface area (Å²) in [6.07, 6.45) is 4.01. The number of carbonyl (C=O) groups is 2. The predicted molar refractivity (Wildman–Crippen MR) is 82.2 cm³/mol. The molecular weight excluding hydrogens is 266 g/mol. The Kier molecular flexibility index (Phi) is 27.2. The third kappa shape index (κ3) is 38.2. The summed E-state index contributed by atoms with van der Waals surface area (Å²) in [7, 11) is 1.35. The predicted octanol–water partition coefficient (Wildman–Crippen LogP) is 3.68. The largest absolute Gasteiger partial charge is 0.481 e. The van der Waals surface area contributed by atoms with Crippen molar-refractivity contribution in [2.75, 3.05) is 18.6 Å². The van der Waals surface area contributed by atoms with Gasteiger partial charge in [-0.25, -0.2) is 4.79 Å². The highest BCUT2D eigenvalue weighted by molar-refractivity contribution is 7.99. The number of hydrogen-bond donors (Lipinski definition) is 3. The van der Waals surface area contributed by atoms with Crippen LogP contribution in [0, 0.1) is 0 Å². The van der Waals surface area contributed by atoms with Gasteiger partial charge in [-0.2, -0.15) is 11.8 Å². The van der Waals surface area contributed by atoms with Crippen LogP contribution >= 0.6 is 11.8 Å². The van der Waals surface area contributed by atoms with Crippen LogP contribution in [-0.2, 0) is 4.79 Å². The molecule has 6 heteroatoms. The van der Waals surface area contributed by atoms with Gasteiger partial charge in [0.15, 0.2) is 0 Å². The third-order valence-corrected chi connectivity index (χ3v) is 2.94. The first-order valence-electron chi connectivity index (χ1n) is 6.74. The van der Waals surface area contributed by atoms with Crippen molar-refractivity contribution in [2.45, 2.75) is 52.9 Å². The monoisotopic (exact) mass is 295 g/mol. The standard InChI is InChI=1S/C5H10O2.C4H8S.C2H5NO2.C2H6/c1-2-3-4-5(6)7;1-2-4-5-3-1;1-3-2(4)5;1-2/h2-4H2,1H3,(H,6,7);1-4H2;3H,1H3,(H,4,5);1-2H3. The summed E-state index contributed by atoms with van der Waals surface area (Å²) in [6.45, 7) is 5.98. The number of nitrogens with one attached hydrogen (secondary N) is 1. The zero-order valence-electron chi connectivity index (χ0n) is 12.6. The van der Waals surface area contributed by atoms with E-state index in [0.29, 0.717) is 6.42 Å². The number of hydrogen-bond acceptors (Lipinski definition) is 3. The van der Waals surface area contributed by atoms with Crippen LogP contribution in [0.15, 0.2) is 0 Å². The van der Waals surface area contributed by atoms with Gasteiger partial charge in [-0.05, 0) is 30.8 Å². The zero-order valence-corrected chi connectivity index (χ0v) is 13.4. The molecular formula is C13H29NO4S. The lowest BCUT2D eigenvalue weighted by Crippen LogP contribution is -2.13. The van der Waals surface area contributed by atoms with Gasteiger partial charge in [0.05, 0.1) is 0 Å². The first-order valence-corrected chi connectivity index (χ1v) is 7.90. The van der Waals surface area contributed by atoms with E-state index in [1.54, 1.807) is 0 Å². The van der Waals surface area contributed by atoms with Crippen molar-refractivity contribution in [3.8, 4) is 0 Å². The molecule has 1 aliphatic rings. The molecule has 1 heterocycles. The molecule has 0 aromatic heterocycles. The lowest BCUT2D eigenvalue weighted by atomic mass is 10.3. The normalized spacial score (nSPS) is 11.6. The summed E-state index contributed by atoms with van der Waals surface area (Å²) >= 11 is 2.07. The topological polar surface area (TPSA) is 86.6 Å². The van der Waals surface area contributed by atoms with Gasteiger partial charge in [-0.1, -0.05) is 27.2 Å². The molecule has 0 unspecified atom stereocenters. The van der Waals surface area contributed by atoms with E-state index in [1.807, 2.05) is 26.1 Å². The smallest absolute Gasteiger partial charge is 0.404 e. The minimum absolute atomic E-state index is 0.316. The van der Waals surface area contributed by atoms with E-state index in [2.05, 4.69) is 11.8 Å². The molecule has 5 nitrogen and oxygen atoms in total. The molecule has 0 aromatic carbocycles. The molecule has 116 valence electrons. The van der Waals surface area contributed by atoms with Crippen LogP contribution in [0.3, 0.4) is 0 Å². The Balaban J connectivity index is -0.000000192. The molecule has 0 aliphatic carbocycles. The second-order valence-electron chi connectivity index (χ2n) is 3.37. The maximum absolute atomic E-state index is 9.76. The Morgan fingerprint density at radius 2 is 1.58 bits per heavy atom. The van der Waals surface area contributed by atoms with Crippen LogP contribution in [0.5, 0.6) is 0 Å². The highest BCUT2D eigenvalue weighted by Gasteiger charge is 1.95. The second kappa shape index (κ2) is 22.3. The summed E-state index contributed by atoms with van der Waals surface area (Å²) in [5.74, 6) is 2.14. The van der Waals surface area contributed by atoms with Gasteiger partial charge in [-0.3, -0.25) is 4.79 Å². The summed E-state index contributed by atoms with van der Waals surface area (Å²) in [5, 5.41) is 17.6.